The zero-order chi connectivity index (χ0) is 73.0. The van der Waals surface area contributed by atoms with Gasteiger partial charge in [0.15, 0.2) is 57.2 Å². The molecule has 8 bridgehead atoms. The third kappa shape index (κ3) is 19.6. The average molecular weight is 1460 g/mol. The van der Waals surface area contributed by atoms with Crippen molar-refractivity contribution in [3.8, 4) is 0 Å². The van der Waals surface area contributed by atoms with Crippen LogP contribution in [0, 0.1) is 11.8 Å². The molecule has 21 heteroatoms. The molecular weight excluding hydrogens is 1330 g/mol. The van der Waals surface area contributed by atoms with E-state index in [9.17, 15) is 5.11 Å². The zero-order valence-corrected chi connectivity index (χ0v) is 71.3. The molecule has 8 aliphatic heterocycles. The smallest absolute Gasteiger partial charge is 0.193 e. The topological polar surface area (TPSA) is 173 Å². The number of ether oxygens (including phenoxy) is 6. The fraction of sp³-hybridized carbons (Fsp3) is 0.829. The maximum atomic E-state index is 16.5. The van der Waals surface area contributed by atoms with Crippen LogP contribution in [-0.2, 0) is 65.2 Å². The lowest BCUT2D eigenvalue weighted by Gasteiger charge is -2.56. The number of sulfone groups is 1. The fourth-order valence-corrected chi connectivity index (χ4v) is 21.9. The first kappa shape index (κ1) is 82.9. The van der Waals surface area contributed by atoms with E-state index in [-0.39, 0.29) is 67.2 Å². The molecule has 1 N–H and O–H groups in total. The Morgan fingerprint density at radius 3 is 1.64 bits per heavy atom. The van der Waals surface area contributed by atoms with Crippen LogP contribution in [0.2, 0.25) is 90.7 Å². The average Bonchev–Trinajstić information content (AvgIpc) is 1.69. The molecule has 8 aliphatic rings. The molecule has 1 aromatic rings. The van der Waals surface area contributed by atoms with Crippen LogP contribution in [0.1, 0.15) is 181 Å². The van der Waals surface area contributed by atoms with Gasteiger partial charge >= 0.3 is 0 Å². The number of rotatable bonds is 16. The predicted molar refractivity (Wildman–Crippen MR) is 405 cm³/mol. The van der Waals surface area contributed by atoms with Gasteiger partial charge in [0, 0.05) is 32.3 Å². The van der Waals surface area contributed by atoms with Crippen LogP contribution < -0.4 is 0 Å². The summed E-state index contributed by atoms with van der Waals surface area (Å²) in [5.74, 6) is -1.43. The SMILES string of the molecule is C=C1C[C@@H]2CCC(O)/C=C/[C@H](O[Si](C)(C)C(C)(C)C)[C@@H]3O[C@H]4CC[C@H](CC(=O)[C@H](S(=O)(=O)c5ccccc5)C5[C@H](CC6O[C@@H](CCC1O2)C[C@@H](C)C6=C)O[C@H](C[C@@H](CO[Si](C)(C)C(C)(C)C)O[Si](C)(C)C(C)(C)C)[C@@H]5OC)O[C@@H]4[C@H](O[Si](C)(C)C(C)(C)C)[C@@H]3O[Si](C)(C)C(C)(C)C. The van der Waals surface area contributed by atoms with Gasteiger partial charge in [0.1, 0.15) is 29.7 Å². The van der Waals surface area contributed by atoms with E-state index in [2.05, 4.69) is 189 Å². The number of carbonyl (C=O) groups excluding carboxylic acids is 1. The highest BCUT2D eigenvalue weighted by Gasteiger charge is 2.61. The van der Waals surface area contributed by atoms with Crippen molar-refractivity contribution < 1.29 is 68.9 Å². The van der Waals surface area contributed by atoms with Crippen molar-refractivity contribution in [2.24, 2.45) is 11.8 Å². The van der Waals surface area contributed by atoms with E-state index in [1.165, 1.54) is 0 Å². The van der Waals surface area contributed by atoms with Crippen molar-refractivity contribution in [1.29, 1.82) is 0 Å². The normalized spacial score (nSPS) is 34.1. The van der Waals surface area contributed by atoms with Crippen molar-refractivity contribution in [2.75, 3.05) is 13.7 Å². The summed E-state index contributed by atoms with van der Waals surface area (Å²) in [6.07, 6.45) is -0.429. The molecule has 5 fully saturated rings. The third-order valence-electron chi connectivity index (χ3n) is 25.2. The summed E-state index contributed by atoms with van der Waals surface area (Å²) in [7, 11) is -15.7. The van der Waals surface area contributed by atoms with Gasteiger partial charge in [-0.1, -0.05) is 154 Å². The number of ketones is 1. The highest BCUT2D eigenvalue weighted by Crippen LogP contribution is 2.51. The van der Waals surface area contributed by atoms with E-state index in [0.717, 1.165) is 17.6 Å². The van der Waals surface area contributed by atoms with Crippen LogP contribution in [0.15, 0.2) is 71.7 Å². The minimum atomic E-state index is -4.52. The molecule has 0 aromatic heterocycles. The summed E-state index contributed by atoms with van der Waals surface area (Å²) in [5.41, 5.74) is 1.94. The Kier molecular flexibility index (Phi) is 26.5. The summed E-state index contributed by atoms with van der Waals surface area (Å²) < 4.78 is 114. The molecule has 9 rings (SSSR count). The summed E-state index contributed by atoms with van der Waals surface area (Å²) in [5, 5.41) is 9.54. The summed E-state index contributed by atoms with van der Waals surface area (Å²) in [6, 6.07) is 8.40. The maximum absolute atomic E-state index is 16.5. The standard InChI is InChI=1S/C76H136O15SSi5/c1-49-43-54-38-41-59-50(2)44-53(83-59)37-35-52(77)36-40-61(89-95(24,25)74(10,11)12)68-70(91-97(28,29)76(16,17)18)69(90-96(26,27)75(13,14)15)67-60(87-68)42-39-55(85-67)45-58(78)71(92(79,80)57-33-31-30-32-34-57)65-63(47-62(84-54)51(49)3)86-64(66(65)81-19)46-56(88-94(22,23)73(7,8)9)48-82-93(20,21)72(4,5)6/h30-34,36,40,49,52-56,59-71,77H,2-3,35,37-39,41-48H2,1,4-29H3/b40-36+/t49-,52?,53+,54+,55-,56+,59?,60+,61+,62?,63+,64-,65?,66+,67+,68+,69+,70-,71+/m1/s1. The van der Waals surface area contributed by atoms with Gasteiger partial charge in [0.25, 0.3) is 0 Å². The number of Topliss-reactive ketones (excluding diaryl/α,β-unsaturated/α-hetero) is 1. The lowest BCUT2D eigenvalue weighted by Crippen LogP contribution is -2.69. The number of methoxy groups -OCH3 is 1. The molecule has 0 spiro atoms. The highest BCUT2D eigenvalue weighted by molar-refractivity contribution is 7.92. The molecule has 0 aliphatic carbocycles. The van der Waals surface area contributed by atoms with Crippen molar-refractivity contribution >= 4 is 57.2 Å². The van der Waals surface area contributed by atoms with Crippen LogP contribution in [-0.4, -0.2) is 178 Å². The molecule has 19 atom stereocenters. The molecule has 97 heavy (non-hydrogen) atoms. The Morgan fingerprint density at radius 2 is 1.08 bits per heavy atom. The number of hydrogen-bond donors (Lipinski definition) is 1. The van der Waals surface area contributed by atoms with Crippen LogP contribution >= 0.6 is 0 Å². The third-order valence-corrected chi connectivity index (χ3v) is 49.8. The molecule has 0 saturated carbocycles. The maximum Gasteiger partial charge on any atom is 0.193 e. The second-order valence-corrected chi connectivity index (χ2v) is 63.5. The van der Waals surface area contributed by atoms with E-state index in [1.807, 2.05) is 12.2 Å². The van der Waals surface area contributed by atoms with Gasteiger partial charge in [-0.3, -0.25) is 4.79 Å². The van der Waals surface area contributed by atoms with Crippen LogP contribution in [0.3, 0.4) is 0 Å². The minimum Gasteiger partial charge on any atom is -0.414 e. The Bertz CT molecular complexity index is 2960. The highest BCUT2D eigenvalue weighted by atomic mass is 32.2. The second kappa shape index (κ2) is 31.0. The number of aliphatic hydroxyl groups is 1. The van der Waals surface area contributed by atoms with Crippen molar-refractivity contribution in [3.05, 3.63) is 66.8 Å². The van der Waals surface area contributed by atoms with E-state index in [4.69, 9.17) is 50.6 Å². The lowest BCUT2D eigenvalue weighted by molar-refractivity contribution is -0.266. The zero-order valence-electron chi connectivity index (χ0n) is 65.5. The van der Waals surface area contributed by atoms with E-state index in [0.29, 0.717) is 58.0 Å². The fourth-order valence-electron chi connectivity index (χ4n) is 13.7. The number of benzene rings is 1. The first-order chi connectivity index (χ1) is 44.2. The van der Waals surface area contributed by atoms with Gasteiger partial charge in [-0.15, -0.1) is 0 Å². The van der Waals surface area contributed by atoms with Gasteiger partial charge in [0.05, 0.1) is 84.7 Å². The van der Waals surface area contributed by atoms with Gasteiger partial charge in [-0.25, -0.2) is 8.42 Å². The van der Waals surface area contributed by atoms with E-state index in [1.54, 1.807) is 37.4 Å². The summed E-state index contributed by atoms with van der Waals surface area (Å²) >= 11 is 0. The van der Waals surface area contributed by atoms with Crippen LogP contribution in [0.25, 0.3) is 0 Å². The quantitative estimate of drug-likeness (QED) is 0.122. The number of hydrogen-bond acceptors (Lipinski definition) is 15. The molecule has 0 amide bonds. The molecule has 4 unspecified atom stereocenters. The van der Waals surface area contributed by atoms with Crippen LogP contribution in [0.4, 0.5) is 0 Å². The van der Waals surface area contributed by atoms with Gasteiger partial charge < -0.3 is 55.7 Å². The molecule has 556 valence electrons. The minimum absolute atomic E-state index is 0.0396. The first-order valence-corrected chi connectivity index (χ1v) is 53.0. The number of aliphatic hydroxyl groups excluding tert-OH is 1. The van der Waals surface area contributed by atoms with Crippen LogP contribution in [0.5, 0.6) is 0 Å². The number of carbonyl (C=O) groups is 1. The molecule has 8 heterocycles. The van der Waals surface area contributed by atoms with Gasteiger partial charge in [0.2, 0.25) is 0 Å². The first-order valence-electron chi connectivity index (χ1n) is 36.9. The summed E-state index contributed by atoms with van der Waals surface area (Å²) in [4.78, 5) is 16.6. The Hall–Kier alpha value is -1.34. The predicted octanol–water partition coefficient (Wildman–Crippen LogP) is 17.4. The lowest BCUT2D eigenvalue weighted by atomic mass is 9.81. The van der Waals surface area contributed by atoms with Crippen molar-refractivity contribution in [1.82, 2.24) is 0 Å². The van der Waals surface area contributed by atoms with E-state index < -0.39 is 148 Å². The Morgan fingerprint density at radius 1 is 0.567 bits per heavy atom. The Balaban J connectivity index is 1.43. The van der Waals surface area contributed by atoms with Crippen molar-refractivity contribution in [2.45, 2.75) is 380 Å². The second-order valence-electron chi connectivity index (χ2n) is 37.6. The van der Waals surface area contributed by atoms with Gasteiger partial charge in [-0.05, 0) is 171 Å². The molecule has 0 radical (unpaired) electrons. The largest absolute Gasteiger partial charge is 0.414 e. The van der Waals surface area contributed by atoms with Crippen molar-refractivity contribution in [3.63, 3.8) is 0 Å². The molecule has 5 saturated heterocycles. The van der Waals surface area contributed by atoms with Gasteiger partial charge in [-0.2, -0.15) is 0 Å². The monoisotopic (exact) mass is 1460 g/mol. The number of fused-ring (bicyclic) bond motifs is 2. The Labute approximate surface area is 594 Å². The summed E-state index contributed by atoms with van der Waals surface area (Å²) in [6.45, 7) is 67.7. The molecule has 15 nitrogen and oxygen atoms in total. The van der Waals surface area contributed by atoms with E-state index >= 15 is 13.2 Å². The molecular formula is C76H136O15SSi5. The molecule has 1 aromatic carbocycles.